The van der Waals surface area contributed by atoms with Crippen molar-refractivity contribution >= 4 is 17.5 Å². The highest BCUT2D eigenvalue weighted by atomic mass is 19.1. The molecule has 0 atom stereocenters. The SMILES string of the molecule is CCN(CC)C(=O)CN(C)c1nc(N)c(F)cc1F. The number of halogens is 2. The number of amides is 1. The Morgan fingerprint density at radius 1 is 1.32 bits per heavy atom. The van der Waals surface area contributed by atoms with E-state index in [1.807, 2.05) is 13.8 Å². The van der Waals surface area contributed by atoms with Crippen LogP contribution in [-0.4, -0.2) is 42.5 Å². The van der Waals surface area contributed by atoms with Crippen molar-refractivity contribution in [1.29, 1.82) is 0 Å². The smallest absolute Gasteiger partial charge is 0.242 e. The monoisotopic (exact) mass is 272 g/mol. The van der Waals surface area contributed by atoms with Crippen LogP contribution < -0.4 is 10.6 Å². The third-order valence-electron chi connectivity index (χ3n) is 2.79. The van der Waals surface area contributed by atoms with Gasteiger partial charge in [0, 0.05) is 26.2 Å². The molecular weight excluding hydrogens is 254 g/mol. The molecule has 106 valence electrons. The number of carbonyl (C=O) groups is 1. The number of anilines is 2. The van der Waals surface area contributed by atoms with Crippen LogP contribution in [-0.2, 0) is 4.79 Å². The van der Waals surface area contributed by atoms with Gasteiger partial charge in [0.1, 0.15) is 0 Å². The number of carbonyl (C=O) groups excluding carboxylic acids is 1. The summed E-state index contributed by atoms with van der Waals surface area (Å²) in [5.41, 5.74) is 5.30. The van der Waals surface area contributed by atoms with Gasteiger partial charge in [-0.1, -0.05) is 0 Å². The second kappa shape index (κ2) is 6.31. The highest BCUT2D eigenvalue weighted by Gasteiger charge is 2.18. The number of pyridine rings is 1. The van der Waals surface area contributed by atoms with Gasteiger partial charge < -0.3 is 15.5 Å². The molecule has 0 unspecified atom stereocenters. The van der Waals surface area contributed by atoms with Crippen molar-refractivity contribution in [3.63, 3.8) is 0 Å². The molecule has 0 fully saturated rings. The molecule has 1 aromatic heterocycles. The van der Waals surface area contributed by atoms with Crippen molar-refractivity contribution < 1.29 is 13.6 Å². The van der Waals surface area contributed by atoms with Gasteiger partial charge in [-0.3, -0.25) is 4.79 Å². The zero-order valence-electron chi connectivity index (χ0n) is 11.3. The average molecular weight is 272 g/mol. The van der Waals surface area contributed by atoms with Gasteiger partial charge in [-0.05, 0) is 13.8 Å². The zero-order valence-corrected chi connectivity index (χ0v) is 11.3. The minimum Gasteiger partial charge on any atom is -0.381 e. The number of rotatable bonds is 5. The van der Waals surface area contributed by atoms with Crippen molar-refractivity contribution in [3.05, 3.63) is 17.7 Å². The topological polar surface area (TPSA) is 62.5 Å². The lowest BCUT2D eigenvalue weighted by Gasteiger charge is -2.24. The average Bonchev–Trinajstić information content (AvgIpc) is 2.35. The van der Waals surface area contributed by atoms with Crippen LogP contribution in [0.2, 0.25) is 0 Å². The standard InChI is InChI=1S/C12H18F2N4O/c1-4-18(5-2)10(19)7-17(3)12-9(14)6-8(13)11(15)16-12/h6H,4-5,7H2,1-3H3,(H2,15,16). The van der Waals surface area contributed by atoms with Gasteiger partial charge in [0.15, 0.2) is 23.3 Å². The molecule has 0 bridgehead atoms. The Bertz CT molecular complexity index is 463. The molecule has 0 saturated carbocycles. The van der Waals surface area contributed by atoms with Crippen molar-refractivity contribution in [3.8, 4) is 0 Å². The fourth-order valence-corrected chi connectivity index (χ4v) is 1.69. The van der Waals surface area contributed by atoms with E-state index in [0.717, 1.165) is 0 Å². The van der Waals surface area contributed by atoms with E-state index >= 15 is 0 Å². The number of nitrogen functional groups attached to an aromatic ring is 1. The molecule has 0 aliphatic carbocycles. The maximum atomic E-state index is 13.6. The number of aromatic nitrogens is 1. The lowest BCUT2D eigenvalue weighted by Crippen LogP contribution is -2.39. The first-order chi connectivity index (χ1) is 8.90. The summed E-state index contributed by atoms with van der Waals surface area (Å²) in [6.07, 6.45) is 0. The zero-order chi connectivity index (χ0) is 14.6. The van der Waals surface area contributed by atoms with Crippen LogP contribution in [0.25, 0.3) is 0 Å². The second-order valence-electron chi connectivity index (χ2n) is 4.08. The third kappa shape index (κ3) is 3.52. The molecule has 2 N–H and O–H groups in total. The number of hydrogen-bond donors (Lipinski definition) is 1. The number of nitrogens with zero attached hydrogens (tertiary/aromatic N) is 3. The van der Waals surface area contributed by atoms with Crippen molar-refractivity contribution in [2.75, 3.05) is 37.3 Å². The van der Waals surface area contributed by atoms with E-state index in [4.69, 9.17) is 5.73 Å². The molecule has 7 heteroatoms. The third-order valence-corrected chi connectivity index (χ3v) is 2.79. The van der Waals surface area contributed by atoms with Crippen LogP contribution in [0.1, 0.15) is 13.8 Å². The van der Waals surface area contributed by atoms with Gasteiger partial charge in [-0.25, -0.2) is 13.8 Å². The quantitative estimate of drug-likeness (QED) is 0.876. The van der Waals surface area contributed by atoms with Crippen LogP contribution in [0, 0.1) is 11.6 Å². The van der Waals surface area contributed by atoms with Crippen LogP contribution in [0.15, 0.2) is 6.07 Å². The van der Waals surface area contributed by atoms with Gasteiger partial charge in [0.25, 0.3) is 0 Å². The molecule has 5 nitrogen and oxygen atoms in total. The van der Waals surface area contributed by atoms with Crippen LogP contribution in [0.4, 0.5) is 20.4 Å². The summed E-state index contributed by atoms with van der Waals surface area (Å²) in [6, 6.07) is 0.663. The fourth-order valence-electron chi connectivity index (χ4n) is 1.69. The minimum absolute atomic E-state index is 0.0450. The van der Waals surface area contributed by atoms with Crippen molar-refractivity contribution in [2.24, 2.45) is 0 Å². The summed E-state index contributed by atoms with van der Waals surface area (Å²) >= 11 is 0. The van der Waals surface area contributed by atoms with Crippen molar-refractivity contribution in [1.82, 2.24) is 9.88 Å². The fraction of sp³-hybridized carbons (Fsp3) is 0.500. The summed E-state index contributed by atoms with van der Waals surface area (Å²) in [7, 11) is 1.50. The molecule has 0 spiro atoms. The minimum atomic E-state index is -0.912. The van der Waals surface area contributed by atoms with E-state index < -0.39 is 17.5 Å². The molecule has 0 aliphatic rings. The van der Waals surface area contributed by atoms with Crippen LogP contribution in [0.5, 0.6) is 0 Å². The Morgan fingerprint density at radius 3 is 2.42 bits per heavy atom. The number of nitrogens with two attached hydrogens (primary N) is 1. The molecule has 1 heterocycles. The molecular formula is C12H18F2N4O. The Morgan fingerprint density at radius 2 is 1.89 bits per heavy atom. The molecule has 1 aromatic rings. The summed E-state index contributed by atoms with van der Waals surface area (Å²) in [5, 5.41) is 0. The summed E-state index contributed by atoms with van der Waals surface area (Å²) in [6.45, 7) is 4.82. The van der Waals surface area contributed by atoms with Crippen LogP contribution >= 0.6 is 0 Å². The van der Waals surface area contributed by atoms with Gasteiger partial charge in [-0.2, -0.15) is 0 Å². The summed E-state index contributed by atoms with van der Waals surface area (Å²) in [5.74, 6) is -2.44. The highest BCUT2D eigenvalue weighted by molar-refractivity contribution is 5.81. The largest absolute Gasteiger partial charge is 0.381 e. The van der Waals surface area contributed by atoms with Crippen molar-refractivity contribution in [2.45, 2.75) is 13.8 Å². The normalized spacial score (nSPS) is 10.4. The first-order valence-electron chi connectivity index (χ1n) is 6.01. The van der Waals surface area contributed by atoms with Gasteiger partial charge in [0.05, 0.1) is 6.54 Å². The second-order valence-corrected chi connectivity index (χ2v) is 4.08. The predicted octanol–water partition coefficient (Wildman–Crippen LogP) is 1.25. The van der Waals surface area contributed by atoms with Gasteiger partial charge in [-0.15, -0.1) is 0 Å². The summed E-state index contributed by atoms with van der Waals surface area (Å²) in [4.78, 5) is 18.4. The lowest BCUT2D eigenvalue weighted by atomic mass is 10.3. The van der Waals surface area contributed by atoms with E-state index in [2.05, 4.69) is 4.98 Å². The number of hydrogen-bond acceptors (Lipinski definition) is 4. The Labute approximate surface area is 111 Å². The first kappa shape index (κ1) is 15.1. The van der Waals surface area contributed by atoms with E-state index in [9.17, 15) is 13.6 Å². The molecule has 1 amide bonds. The Kier molecular flexibility index (Phi) is 5.02. The highest BCUT2D eigenvalue weighted by Crippen LogP contribution is 2.19. The summed E-state index contributed by atoms with van der Waals surface area (Å²) < 4.78 is 26.6. The van der Waals surface area contributed by atoms with Gasteiger partial charge in [0.2, 0.25) is 5.91 Å². The Hall–Kier alpha value is -1.92. The van der Waals surface area contributed by atoms with E-state index in [-0.39, 0.29) is 18.3 Å². The van der Waals surface area contributed by atoms with E-state index in [0.29, 0.717) is 19.2 Å². The molecule has 0 aliphatic heterocycles. The molecule has 0 radical (unpaired) electrons. The maximum absolute atomic E-state index is 13.6. The Balaban J connectivity index is 2.86. The van der Waals surface area contributed by atoms with E-state index in [1.54, 1.807) is 4.90 Å². The van der Waals surface area contributed by atoms with Gasteiger partial charge >= 0.3 is 0 Å². The molecule has 19 heavy (non-hydrogen) atoms. The first-order valence-corrected chi connectivity index (χ1v) is 6.01. The lowest BCUT2D eigenvalue weighted by molar-refractivity contribution is -0.129. The predicted molar refractivity (Wildman–Crippen MR) is 69.8 cm³/mol. The maximum Gasteiger partial charge on any atom is 0.242 e. The molecule has 0 aromatic carbocycles. The molecule has 1 rings (SSSR count). The molecule has 0 saturated heterocycles. The van der Waals surface area contributed by atoms with Crippen LogP contribution in [0.3, 0.4) is 0 Å². The number of likely N-dealkylation sites (N-methyl/N-ethyl adjacent to an activating group) is 2. The van der Waals surface area contributed by atoms with E-state index in [1.165, 1.54) is 11.9 Å².